The molecule has 136 valence electrons. The Morgan fingerprint density at radius 1 is 0.630 bits per heavy atom. The molecule has 4 rings (SSSR count). The maximum Gasteiger partial charge on any atom is 0.226 e. The lowest BCUT2D eigenvalue weighted by Crippen LogP contribution is -1.91. The third-order valence-electron chi connectivity index (χ3n) is 3.92. The minimum Gasteiger partial charge on any atom is -0.339 e. The van der Waals surface area contributed by atoms with Gasteiger partial charge in [0.05, 0.1) is 0 Å². The average molecular weight is 368 g/mol. The summed E-state index contributed by atoms with van der Waals surface area (Å²) < 4.78 is 36.4. The third kappa shape index (κ3) is 4.05. The summed E-state index contributed by atoms with van der Waals surface area (Å²) in [5.41, 5.74) is 1.37. The lowest BCUT2D eigenvalue weighted by atomic mass is 10.2. The molecule has 0 atom stereocenters. The maximum absolute atomic E-state index is 13.0. The summed E-state index contributed by atoms with van der Waals surface area (Å²) in [5, 5.41) is 7.80. The number of benzene rings is 2. The van der Waals surface area contributed by atoms with Gasteiger partial charge in [0.2, 0.25) is 23.4 Å². The molecule has 27 heavy (non-hydrogen) atoms. The highest BCUT2D eigenvalue weighted by molar-refractivity contribution is 5.54. The second-order valence-corrected chi connectivity index (χ2v) is 5.89. The average Bonchev–Trinajstić information content (AvgIpc) is 3.33. The summed E-state index contributed by atoms with van der Waals surface area (Å²) in [6.45, 7) is 0. The van der Waals surface area contributed by atoms with Crippen LogP contribution in [0.25, 0.3) is 22.8 Å². The topological polar surface area (TPSA) is 77.8 Å². The zero-order chi connectivity index (χ0) is 18.6. The largest absolute Gasteiger partial charge is 0.339 e. The zero-order valence-electron chi connectivity index (χ0n) is 14.1. The third-order valence-corrected chi connectivity index (χ3v) is 3.92. The Balaban J connectivity index is 1.34. The monoisotopic (exact) mass is 368 g/mol. The quantitative estimate of drug-likeness (QED) is 0.507. The molecule has 2 heterocycles. The van der Waals surface area contributed by atoms with Crippen LogP contribution >= 0.6 is 0 Å². The number of nitrogens with zero attached hydrogens (tertiary/aromatic N) is 4. The van der Waals surface area contributed by atoms with E-state index in [0.717, 1.165) is 0 Å². The van der Waals surface area contributed by atoms with Gasteiger partial charge in [-0.3, -0.25) is 0 Å². The fourth-order valence-corrected chi connectivity index (χ4v) is 2.54. The first-order valence-corrected chi connectivity index (χ1v) is 8.34. The summed E-state index contributed by atoms with van der Waals surface area (Å²) in [4.78, 5) is 8.60. The maximum atomic E-state index is 13.0. The normalized spacial score (nSPS) is 11.0. The molecular formula is C19H14F2N4O2. The van der Waals surface area contributed by atoms with E-state index < -0.39 is 0 Å². The molecule has 6 nitrogen and oxygen atoms in total. The molecule has 4 aromatic rings. The van der Waals surface area contributed by atoms with E-state index in [2.05, 4.69) is 20.3 Å². The van der Waals surface area contributed by atoms with E-state index in [1.54, 1.807) is 24.3 Å². The van der Waals surface area contributed by atoms with Crippen molar-refractivity contribution in [3.63, 3.8) is 0 Å². The van der Waals surface area contributed by atoms with Crippen molar-refractivity contribution >= 4 is 0 Å². The first-order valence-electron chi connectivity index (χ1n) is 8.34. The van der Waals surface area contributed by atoms with Crippen LogP contribution in [0.15, 0.2) is 57.6 Å². The van der Waals surface area contributed by atoms with E-state index in [1.807, 2.05) is 0 Å². The highest BCUT2D eigenvalue weighted by atomic mass is 19.1. The van der Waals surface area contributed by atoms with E-state index in [-0.39, 0.29) is 11.6 Å². The van der Waals surface area contributed by atoms with E-state index in [0.29, 0.717) is 53.8 Å². The van der Waals surface area contributed by atoms with E-state index in [9.17, 15) is 8.78 Å². The minimum atomic E-state index is -0.318. The molecule has 0 amide bonds. The van der Waals surface area contributed by atoms with Gasteiger partial charge < -0.3 is 9.05 Å². The SMILES string of the molecule is Fc1ccc(-c2noc(CCCc3nc(-c4ccc(F)cc4)no3)n2)cc1. The number of aromatic nitrogens is 4. The Labute approximate surface area is 152 Å². The lowest BCUT2D eigenvalue weighted by Gasteiger charge is -1.93. The van der Waals surface area contributed by atoms with Crippen LogP contribution in [0.3, 0.4) is 0 Å². The number of halogens is 2. The van der Waals surface area contributed by atoms with Crippen LogP contribution in [0.4, 0.5) is 8.78 Å². The Kier molecular flexibility index (Phi) is 4.69. The van der Waals surface area contributed by atoms with Crippen molar-refractivity contribution in [2.45, 2.75) is 19.3 Å². The molecule has 2 aromatic carbocycles. The van der Waals surface area contributed by atoms with Gasteiger partial charge in [-0.15, -0.1) is 0 Å². The Morgan fingerprint density at radius 3 is 1.44 bits per heavy atom. The molecule has 0 N–H and O–H groups in total. The van der Waals surface area contributed by atoms with Crippen LogP contribution in [0, 0.1) is 11.6 Å². The molecule has 0 unspecified atom stereocenters. The summed E-state index contributed by atoms with van der Waals surface area (Å²) >= 11 is 0. The smallest absolute Gasteiger partial charge is 0.226 e. The first kappa shape index (κ1) is 17.0. The fraction of sp³-hybridized carbons (Fsp3) is 0.158. The van der Waals surface area contributed by atoms with Gasteiger partial charge in [0.1, 0.15) is 11.6 Å². The van der Waals surface area contributed by atoms with Crippen LogP contribution in [0.2, 0.25) is 0 Å². The minimum absolute atomic E-state index is 0.318. The molecule has 2 aromatic heterocycles. The molecular weight excluding hydrogens is 354 g/mol. The fourth-order valence-electron chi connectivity index (χ4n) is 2.54. The first-order chi connectivity index (χ1) is 13.2. The highest BCUT2D eigenvalue weighted by Gasteiger charge is 2.11. The summed E-state index contributed by atoms with van der Waals surface area (Å²) in [5.74, 6) is 1.16. The van der Waals surface area contributed by atoms with Crippen LogP contribution in [0.1, 0.15) is 18.2 Å². The summed E-state index contributed by atoms with van der Waals surface area (Å²) in [7, 11) is 0. The predicted molar refractivity (Wildman–Crippen MR) is 91.4 cm³/mol. The van der Waals surface area contributed by atoms with Crippen molar-refractivity contribution in [2.24, 2.45) is 0 Å². The molecule has 0 aliphatic rings. The van der Waals surface area contributed by atoms with Gasteiger partial charge >= 0.3 is 0 Å². The molecule has 0 spiro atoms. The van der Waals surface area contributed by atoms with Crippen molar-refractivity contribution in [1.29, 1.82) is 0 Å². The van der Waals surface area contributed by atoms with Crippen LogP contribution in [-0.2, 0) is 12.8 Å². The van der Waals surface area contributed by atoms with E-state index in [4.69, 9.17) is 9.05 Å². The zero-order valence-corrected chi connectivity index (χ0v) is 14.1. The van der Waals surface area contributed by atoms with Crippen molar-refractivity contribution < 1.29 is 17.8 Å². The van der Waals surface area contributed by atoms with Gasteiger partial charge in [0.15, 0.2) is 0 Å². The molecule has 0 bridgehead atoms. The summed E-state index contributed by atoms with van der Waals surface area (Å²) in [6.07, 6.45) is 1.76. The molecule has 0 fully saturated rings. The van der Waals surface area contributed by atoms with Gasteiger partial charge in [-0.1, -0.05) is 10.3 Å². The predicted octanol–water partition coefficient (Wildman–Crippen LogP) is 4.24. The van der Waals surface area contributed by atoms with Crippen molar-refractivity contribution in [3.05, 3.63) is 71.9 Å². The van der Waals surface area contributed by atoms with Gasteiger partial charge in [-0.05, 0) is 55.0 Å². The van der Waals surface area contributed by atoms with Crippen molar-refractivity contribution in [2.75, 3.05) is 0 Å². The number of aryl methyl sites for hydroxylation is 2. The highest BCUT2D eigenvalue weighted by Crippen LogP contribution is 2.18. The molecule has 0 saturated heterocycles. The summed E-state index contributed by atoms with van der Waals surface area (Å²) in [6, 6.07) is 11.8. The van der Waals surface area contributed by atoms with Gasteiger partial charge in [-0.25, -0.2) is 8.78 Å². The van der Waals surface area contributed by atoms with Crippen molar-refractivity contribution in [3.8, 4) is 22.8 Å². The standard InChI is InChI=1S/C19H14F2N4O2/c20-14-8-4-12(5-9-14)18-22-16(26-24-18)2-1-3-17-23-19(25-27-17)13-6-10-15(21)11-7-13/h4-11H,1-3H2. The molecule has 8 heteroatoms. The molecule has 0 aliphatic heterocycles. The second-order valence-electron chi connectivity index (χ2n) is 5.89. The van der Waals surface area contributed by atoms with E-state index in [1.165, 1.54) is 24.3 Å². The number of hydrogen-bond acceptors (Lipinski definition) is 6. The number of hydrogen-bond donors (Lipinski definition) is 0. The lowest BCUT2D eigenvalue weighted by molar-refractivity contribution is 0.360. The molecule has 0 aliphatic carbocycles. The van der Waals surface area contributed by atoms with E-state index >= 15 is 0 Å². The van der Waals surface area contributed by atoms with Crippen LogP contribution < -0.4 is 0 Å². The van der Waals surface area contributed by atoms with Crippen LogP contribution in [0.5, 0.6) is 0 Å². The molecule has 0 saturated carbocycles. The molecule has 0 radical (unpaired) electrons. The van der Waals surface area contributed by atoms with Crippen molar-refractivity contribution in [1.82, 2.24) is 20.3 Å². The Bertz CT molecular complexity index is 943. The van der Waals surface area contributed by atoms with Gasteiger partial charge in [0.25, 0.3) is 0 Å². The van der Waals surface area contributed by atoms with Crippen LogP contribution in [-0.4, -0.2) is 20.3 Å². The Morgan fingerprint density at radius 2 is 1.04 bits per heavy atom. The number of rotatable bonds is 6. The van der Waals surface area contributed by atoms with Gasteiger partial charge in [-0.2, -0.15) is 9.97 Å². The Hall–Kier alpha value is -3.42. The van der Waals surface area contributed by atoms with Gasteiger partial charge in [0, 0.05) is 24.0 Å². The second kappa shape index (κ2) is 7.45.